The first-order valence-electron chi connectivity index (χ1n) is 8.21. The third-order valence-electron chi connectivity index (χ3n) is 4.01. The molecule has 0 aliphatic rings. The maximum atomic E-state index is 12.4. The van der Waals surface area contributed by atoms with E-state index in [1.807, 2.05) is 24.3 Å². The van der Waals surface area contributed by atoms with Gasteiger partial charge in [0.05, 0.1) is 6.07 Å². The molecular formula is C21H16N2O4. The Kier molecular flexibility index (Phi) is 5.33. The van der Waals surface area contributed by atoms with Crippen LogP contribution in [0.2, 0.25) is 0 Å². The number of anilines is 1. The Balaban J connectivity index is 1.74. The number of phenolic OH excluding ortho intramolecular Hbond substituents is 1. The Hall–Kier alpha value is -3.85. The number of fused-ring (bicyclic) bond motifs is 1. The number of para-hydroxylation sites is 1. The lowest BCUT2D eigenvalue weighted by Crippen LogP contribution is -2.35. The van der Waals surface area contributed by atoms with E-state index in [2.05, 4.69) is 0 Å². The van der Waals surface area contributed by atoms with Crippen LogP contribution in [0, 0.1) is 11.3 Å². The van der Waals surface area contributed by atoms with Gasteiger partial charge in [-0.15, -0.1) is 0 Å². The maximum Gasteiger partial charge on any atom is 0.342 e. The lowest BCUT2D eigenvalue weighted by atomic mass is 10.1. The molecule has 1 amide bonds. The number of hydrogen-bond acceptors (Lipinski definition) is 5. The summed E-state index contributed by atoms with van der Waals surface area (Å²) < 4.78 is 5.07. The molecule has 6 heteroatoms. The van der Waals surface area contributed by atoms with Crippen molar-refractivity contribution >= 4 is 28.3 Å². The first-order chi connectivity index (χ1) is 13.1. The molecule has 0 aromatic heterocycles. The Morgan fingerprint density at radius 2 is 1.63 bits per heavy atom. The number of carbonyl (C=O) groups is 2. The molecule has 3 rings (SSSR count). The third kappa shape index (κ3) is 4.05. The minimum Gasteiger partial charge on any atom is -0.507 e. The SMILES string of the molecule is N#CCN(C(=O)COC(=O)c1cc2ccccc2cc1O)c1ccccc1. The van der Waals surface area contributed by atoms with Crippen LogP contribution < -0.4 is 4.90 Å². The fourth-order valence-corrected chi connectivity index (χ4v) is 2.68. The number of nitriles is 1. The van der Waals surface area contributed by atoms with Gasteiger partial charge < -0.3 is 9.84 Å². The van der Waals surface area contributed by atoms with Crippen LogP contribution in [0.25, 0.3) is 10.8 Å². The average molecular weight is 360 g/mol. The highest BCUT2D eigenvalue weighted by molar-refractivity contribution is 6.01. The van der Waals surface area contributed by atoms with Crippen LogP contribution in [0.15, 0.2) is 66.7 Å². The quantitative estimate of drug-likeness (QED) is 0.557. The number of hydrogen-bond donors (Lipinski definition) is 1. The van der Waals surface area contributed by atoms with Crippen molar-refractivity contribution in [3.63, 3.8) is 0 Å². The van der Waals surface area contributed by atoms with Crippen LogP contribution >= 0.6 is 0 Å². The van der Waals surface area contributed by atoms with Crippen LogP contribution in [0.5, 0.6) is 5.75 Å². The summed E-state index contributed by atoms with van der Waals surface area (Å²) >= 11 is 0. The molecule has 1 N–H and O–H groups in total. The van der Waals surface area contributed by atoms with Gasteiger partial charge in [-0.3, -0.25) is 9.69 Å². The van der Waals surface area contributed by atoms with Gasteiger partial charge in [-0.1, -0.05) is 42.5 Å². The highest BCUT2D eigenvalue weighted by Gasteiger charge is 2.19. The summed E-state index contributed by atoms with van der Waals surface area (Å²) in [6.45, 7) is -0.705. The van der Waals surface area contributed by atoms with Gasteiger partial charge in [0.1, 0.15) is 17.9 Å². The van der Waals surface area contributed by atoms with E-state index in [1.54, 1.807) is 36.4 Å². The summed E-state index contributed by atoms with van der Waals surface area (Å²) in [7, 11) is 0. The molecule has 0 heterocycles. The number of benzene rings is 3. The molecule has 0 unspecified atom stereocenters. The fourth-order valence-electron chi connectivity index (χ4n) is 2.68. The van der Waals surface area contributed by atoms with Crippen molar-refractivity contribution in [1.29, 1.82) is 5.26 Å². The Morgan fingerprint density at radius 3 is 2.30 bits per heavy atom. The molecule has 0 fully saturated rings. The highest BCUT2D eigenvalue weighted by atomic mass is 16.5. The molecule has 0 saturated carbocycles. The van der Waals surface area contributed by atoms with Crippen LogP contribution in [-0.2, 0) is 9.53 Å². The lowest BCUT2D eigenvalue weighted by Gasteiger charge is -2.19. The van der Waals surface area contributed by atoms with Crippen LogP contribution in [0.1, 0.15) is 10.4 Å². The van der Waals surface area contributed by atoms with Crippen LogP contribution in [0.4, 0.5) is 5.69 Å². The summed E-state index contributed by atoms with van der Waals surface area (Å²) in [5, 5.41) is 20.6. The zero-order valence-corrected chi connectivity index (χ0v) is 14.3. The molecule has 0 spiro atoms. The Bertz CT molecular complexity index is 1030. The molecule has 0 saturated heterocycles. The molecule has 6 nitrogen and oxygen atoms in total. The van der Waals surface area contributed by atoms with E-state index in [-0.39, 0.29) is 17.9 Å². The molecule has 0 atom stereocenters. The van der Waals surface area contributed by atoms with Gasteiger partial charge in [-0.05, 0) is 35.0 Å². The smallest absolute Gasteiger partial charge is 0.342 e. The maximum absolute atomic E-state index is 12.4. The summed E-state index contributed by atoms with van der Waals surface area (Å²) in [5.41, 5.74) is 0.515. The predicted octanol–water partition coefficient (Wildman–Crippen LogP) is 3.26. The Morgan fingerprint density at radius 1 is 1.00 bits per heavy atom. The number of nitrogens with zero attached hydrogens (tertiary/aromatic N) is 2. The van der Waals surface area contributed by atoms with Gasteiger partial charge in [0.15, 0.2) is 6.61 Å². The summed E-state index contributed by atoms with van der Waals surface area (Å²) in [6.07, 6.45) is 0. The van der Waals surface area contributed by atoms with E-state index < -0.39 is 18.5 Å². The summed E-state index contributed by atoms with van der Waals surface area (Å²) in [6, 6.07) is 20.8. The zero-order chi connectivity index (χ0) is 19.2. The van der Waals surface area contributed by atoms with Gasteiger partial charge in [-0.25, -0.2) is 4.79 Å². The van der Waals surface area contributed by atoms with Crippen molar-refractivity contribution in [3.05, 3.63) is 72.3 Å². The highest BCUT2D eigenvalue weighted by Crippen LogP contribution is 2.25. The molecule has 0 aliphatic heterocycles. The molecule has 0 aliphatic carbocycles. The average Bonchev–Trinajstić information content (AvgIpc) is 2.70. The van der Waals surface area contributed by atoms with E-state index >= 15 is 0 Å². The minimum atomic E-state index is -0.809. The van der Waals surface area contributed by atoms with Crippen molar-refractivity contribution in [2.45, 2.75) is 0 Å². The number of phenols is 1. The molecule has 3 aromatic carbocycles. The molecule has 27 heavy (non-hydrogen) atoms. The Labute approximate surface area is 155 Å². The fraction of sp³-hybridized carbons (Fsp3) is 0.0952. The predicted molar refractivity (Wildman–Crippen MR) is 100 cm³/mol. The van der Waals surface area contributed by atoms with Crippen molar-refractivity contribution in [2.24, 2.45) is 0 Å². The summed E-state index contributed by atoms with van der Waals surface area (Å²) in [4.78, 5) is 25.9. The van der Waals surface area contributed by atoms with E-state index in [0.717, 1.165) is 10.8 Å². The molecule has 0 bridgehead atoms. The monoisotopic (exact) mass is 360 g/mol. The molecule has 134 valence electrons. The molecule has 0 radical (unpaired) electrons. The standard InChI is InChI=1S/C21H16N2O4/c22-10-11-23(17-8-2-1-3-9-17)20(25)14-27-21(26)18-12-15-6-4-5-7-16(15)13-19(18)24/h1-9,12-13,24H,11,14H2. The van der Waals surface area contributed by atoms with Crippen LogP contribution in [-0.4, -0.2) is 30.1 Å². The second kappa shape index (κ2) is 8.02. The lowest BCUT2D eigenvalue weighted by molar-refractivity contribution is -0.121. The van der Waals surface area contributed by atoms with Crippen molar-refractivity contribution in [3.8, 4) is 11.8 Å². The largest absolute Gasteiger partial charge is 0.507 e. The topological polar surface area (TPSA) is 90.6 Å². The number of rotatable bonds is 5. The summed E-state index contributed by atoms with van der Waals surface area (Å²) in [5.74, 6) is -1.56. The number of amides is 1. The minimum absolute atomic E-state index is 0.0203. The van der Waals surface area contributed by atoms with E-state index in [1.165, 1.54) is 17.0 Å². The van der Waals surface area contributed by atoms with Gasteiger partial charge in [0.25, 0.3) is 5.91 Å². The van der Waals surface area contributed by atoms with Crippen molar-refractivity contribution in [2.75, 3.05) is 18.1 Å². The van der Waals surface area contributed by atoms with E-state index in [4.69, 9.17) is 10.00 Å². The third-order valence-corrected chi connectivity index (χ3v) is 4.01. The van der Waals surface area contributed by atoms with Gasteiger partial charge >= 0.3 is 5.97 Å². The number of esters is 1. The first-order valence-corrected chi connectivity index (χ1v) is 8.21. The van der Waals surface area contributed by atoms with E-state index in [0.29, 0.717) is 5.69 Å². The zero-order valence-electron chi connectivity index (χ0n) is 14.3. The first kappa shape index (κ1) is 18.0. The number of aromatic hydroxyl groups is 1. The van der Waals surface area contributed by atoms with Gasteiger partial charge in [0.2, 0.25) is 0 Å². The molecule has 3 aromatic rings. The van der Waals surface area contributed by atoms with Crippen LogP contribution in [0.3, 0.4) is 0 Å². The van der Waals surface area contributed by atoms with Crippen molar-refractivity contribution < 1.29 is 19.4 Å². The normalized spacial score (nSPS) is 10.2. The second-order valence-electron chi connectivity index (χ2n) is 5.77. The number of carbonyl (C=O) groups excluding carboxylic acids is 2. The van der Waals surface area contributed by atoms with Crippen molar-refractivity contribution in [1.82, 2.24) is 0 Å². The second-order valence-corrected chi connectivity index (χ2v) is 5.77. The van der Waals surface area contributed by atoms with E-state index in [9.17, 15) is 14.7 Å². The van der Waals surface area contributed by atoms with Gasteiger partial charge in [-0.2, -0.15) is 5.26 Å². The molecular weight excluding hydrogens is 344 g/mol. The number of ether oxygens (including phenoxy) is 1. The van der Waals surface area contributed by atoms with Gasteiger partial charge in [0, 0.05) is 5.69 Å².